The predicted octanol–water partition coefficient (Wildman–Crippen LogP) is 6.23. The van der Waals surface area contributed by atoms with E-state index in [4.69, 9.17) is 16.3 Å². The largest absolute Gasteiger partial charge is 0.372 e. The Morgan fingerprint density at radius 3 is 2.33 bits per heavy atom. The first kappa shape index (κ1) is 21.7. The topological polar surface area (TPSA) is 34.5 Å². The van der Waals surface area contributed by atoms with E-state index >= 15 is 0 Å². The van der Waals surface area contributed by atoms with Gasteiger partial charge in [0.05, 0.1) is 28.6 Å². The zero-order chi connectivity index (χ0) is 23.1. The van der Waals surface area contributed by atoms with Crippen LogP contribution in [0.2, 0.25) is 5.02 Å². The highest BCUT2D eigenvalue weighted by atomic mass is 35.5. The molecule has 5 heteroatoms. The summed E-state index contributed by atoms with van der Waals surface area (Å²) < 4.78 is 7.51. The fourth-order valence-corrected chi connectivity index (χ4v) is 5.04. The van der Waals surface area contributed by atoms with Gasteiger partial charge in [0, 0.05) is 24.7 Å². The van der Waals surface area contributed by atoms with Crippen molar-refractivity contribution in [3.05, 3.63) is 93.9 Å². The minimum Gasteiger partial charge on any atom is -0.372 e. The summed E-state index contributed by atoms with van der Waals surface area (Å²) in [4.78, 5) is 15.7. The van der Waals surface area contributed by atoms with Gasteiger partial charge in [0.25, 0.3) is 5.56 Å². The van der Waals surface area contributed by atoms with Gasteiger partial charge in [-0.1, -0.05) is 53.6 Å². The molecule has 1 fully saturated rings. The molecule has 0 spiro atoms. The van der Waals surface area contributed by atoms with E-state index in [-0.39, 0.29) is 17.8 Å². The summed E-state index contributed by atoms with van der Waals surface area (Å²) in [5, 5.41) is 2.27. The number of aromatic nitrogens is 1. The van der Waals surface area contributed by atoms with Crippen LogP contribution in [0.5, 0.6) is 0 Å². The minimum atomic E-state index is -0.0566. The molecule has 4 nitrogen and oxygen atoms in total. The Morgan fingerprint density at radius 2 is 1.64 bits per heavy atom. The third-order valence-electron chi connectivity index (χ3n) is 6.28. The lowest BCUT2D eigenvalue weighted by atomic mass is 9.98. The molecule has 168 valence electrons. The van der Waals surface area contributed by atoms with Crippen LogP contribution in [0.1, 0.15) is 19.4 Å². The molecule has 0 bridgehead atoms. The van der Waals surface area contributed by atoms with Gasteiger partial charge in [0.15, 0.2) is 0 Å². The van der Waals surface area contributed by atoms with Crippen LogP contribution in [0.15, 0.2) is 77.7 Å². The summed E-state index contributed by atoms with van der Waals surface area (Å²) in [5.41, 5.74) is 5.04. The van der Waals surface area contributed by atoms with Crippen molar-refractivity contribution < 1.29 is 4.74 Å². The summed E-state index contributed by atoms with van der Waals surface area (Å²) in [6.45, 7) is 7.80. The molecule has 0 saturated carbocycles. The van der Waals surface area contributed by atoms with Crippen molar-refractivity contribution in [1.82, 2.24) is 4.57 Å². The van der Waals surface area contributed by atoms with Gasteiger partial charge in [-0.05, 0) is 67.6 Å². The fraction of sp³-hybridized carbons (Fsp3) is 0.250. The van der Waals surface area contributed by atoms with Crippen LogP contribution >= 0.6 is 11.6 Å². The standard InChI is InChI=1S/C28H27ClN2O2/c1-18-7-9-21(10-8-18)23-5-4-6-25-24(23)13-14-31(28(25)32)22-11-12-27(26(29)15-22)30-16-19(2)33-20(3)17-30/h4-15,19-20H,16-17H2,1-3H3. The second-order valence-electron chi connectivity index (χ2n) is 8.92. The number of pyridine rings is 1. The van der Waals surface area contributed by atoms with Gasteiger partial charge in [-0.3, -0.25) is 9.36 Å². The first-order valence-electron chi connectivity index (χ1n) is 11.3. The average molecular weight is 459 g/mol. The molecule has 0 N–H and O–H groups in total. The molecule has 1 aromatic heterocycles. The molecule has 33 heavy (non-hydrogen) atoms. The third kappa shape index (κ3) is 4.17. The maximum Gasteiger partial charge on any atom is 0.262 e. The summed E-state index contributed by atoms with van der Waals surface area (Å²) >= 11 is 6.70. The van der Waals surface area contributed by atoms with E-state index in [9.17, 15) is 4.79 Å². The van der Waals surface area contributed by atoms with Crippen molar-refractivity contribution in [2.24, 2.45) is 0 Å². The number of anilines is 1. The second-order valence-corrected chi connectivity index (χ2v) is 9.33. The third-order valence-corrected chi connectivity index (χ3v) is 6.58. The zero-order valence-corrected chi connectivity index (χ0v) is 19.8. The summed E-state index contributed by atoms with van der Waals surface area (Å²) in [6.07, 6.45) is 2.14. The van der Waals surface area contributed by atoms with Crippen LogP contribution in [-0.4, -0.2) is 29.9 Å². The maximum absolute atomic E-state index is 13.4. The van der Waals surface area contributed by atoms with Gasteiger partial charge in [-0.15, -0.1) is 0 Å². The molecule has 0 amide bonds. The predicted molar refractivity (Wildman–Crippen MR) is 137 cm³/mol. The van der Waals surface area contributed by atoms with Crippen LogP contribution in [-0.2, 0) is 4.74 Å². The molecule has 3 aromatic carbocycles. The number of rotatable bonds is 3. The lowest BCUT2D eigenvalue weighted by Gasteiger charge is -2.37. The number of nitrogens with zero attached hydrogens (tertiary/aromatic N) is 2. The number of aryl methyl sites for hydroxylation is 1. The number of morpholine rings is 1. The van der Waals surface area contributed by atoms with Gasteiger partial charge >= 0.3 is 0 Å². The van der Waals surface area contributed by atoms with Crippen molar-refractivity contribution in [2.75, 3.05) is 18.0 Å². The van der Waals surface area contributed by atoms with E-state index < -0.39 is 0 Å². The Labute approximate surface area is 199 Å². The van der Waals surface area contributed by atoms with Crippen LogP contribution in [0.25, 0.3) is 27.6 Å². The SMILES string of the molecule is Cc1ccc(-c2cccc3c(=O)n(-c4ccc(N5CC(C)OC(C)C5)c(Cl)c4)ccc23)cc1. The van der Waals surface area contributed by atoms with Gasteiger partial charge in [0.1, 0.15) is 0 Å². The van der Waals surface area contributed by atoms with Crippen molar-refractivity contribution in [3.8, 4) is 16.8 Å². The zero-order valence-electron chi connectivity index (χ0n) is 19.1. The molecule has 2 unspecified atom stereocenters. The molecule has 1 aliphatic rings. The Bertz CT molecular complexity index is 1370. The molecule has 0 radical (unpaired) electrons. The highest BCUT2D eigenvalue weighted by Gasteiger charge is 2.24. The molecule has 1 saturated heterocycles. The number of ether oxygens (including phenoxy) is 1. The van der Waals surface area contributed by atoms with Crippen molar-refractivity contribution in [1.29, 1.82) is 0 Å². The first-order chi connectivity index (χ1) is 15.9. The van der Waals surface area contributed by atoms with Gasteiger partial charge < -0.3 is 9.64 Å². The molecule has 0 aliphatic carbocycles. The molecule has 2 heterocycles. The Morgan fingerprint density at radius 1 is 0.909 bits per heavy atom. The first-order valence-corrected chi connectivity index (χ1v) is 11.7. The van der Waals surface area contributed by atoms with Crippen LogP contribution in [0.4, 0.5) is 5.69 Å². The summed E-state index contributed by atoms with van der Waals surface area (Å²) in [5.74, 6) is 0. The molecular weight excluding hydrogens is 432 g/mol. The van der Waals surface area contributed by atoms with E-state index in [1.54, 1.807) is 4.57 Å². The Hall–Kier alpha value is -3.08. The van der Waals surface area contributed by atoms with E-state index in [1.807, 2.05) is 42.6 Å². The smallest absolute Gasteiger partial charge is 0.262 e. The molecule has 4 aromatic rings. The van der Waals surface area contributed by atoms with E-state index in [2.05, 4.69) is 56.0 Å². The summed E-state index contributed by atoms with van der Waals surface area (Å²) in [7, 11) is 0. The van der Waals surface area contributed by atoms with Gasteiger partial charge in [0.2, 0.25) is 0 Å². The Balaban J connectivity index is 1.54. The highest BCUT2D eigenvalue weighted by molar-refractivity contribution is 6.33. The Kier molecular flexibility index (Phi) is 5.73. The normalized spacial score (nSPS) is 18.6. The highest BCUT2D eigenvalue weighted by Crippen LogP contribution is 2.31. The summed E-state index contributed by atoms with van der Waals surface area (Å²) in [6, 6.07) is 22.1. The minimum absolute atomic E-state index is 0.0566. The number of benzene rings is 3. The van der Waals surface area contributed by atoms with Crippen molar-refractivity contribution >= 4 is 28.1 Å². The number of hydrogen-bond donors (Lipinski definition) is 0. The number of fused-ring (bicyclic) bond motifs is 1. The van der Waals surface area contributed by atoms with Crippen LogP contribution in [0, 0.1) is 6.92 Å². The number of hydrogen-bond acceptors (Lipinski definition) is 3. The average Bonchev–Trinajstić information content (AvgIpc) is 2.79. The maximum atomic E-state index is 13.4. The monoisotopic (exact) mass is 458 g/mol. The van der Waals surface area contributed by atoms with E-state index in [0.29, 0.717) is 10.4 Å². The van der Waals surface area contributed by atoms with Gasteiger partial charge in [-0.2, -0.15) is 0 Å². The molecule has 5 rings (SSSR count). The van der Waals surface area contributed by atoms with Gasteiger partial charge in [-0.25, -0.2) is 0 Å². The van der Waals surface area contributed by atoms with E-state index in [0.717, 1.165) is 41.0 Å². The lowest BCUT2D eigenvalue weighted by molar-refractivity contribution is -0.00520. The van der Waals surface area contributed by atoms with Crippen LogP contribution in [0.3, 0.4) is 0 Å². The number of halogens is 1. The van der Waals surface area contributed by atoms with Crippen LogP contribution < -0.4 is 10.5 Å². The molecule has 1 aliphatic heterocycles. The van der Waals surface area contributed by atoms with Crippen molar-refractivity contribution in [3.63, 3.8) is 0 Å². The van der Waals surface area contributed by atoms with E-state index in [1.165, 1.54) is 5.56 Å². The lowest BCUT2D eigenvalue weighted by Crippen LogP contribution is -2.45. The second kappa shape index (κ2) is 8.69. The molecule has 2 atom stereocenters. The van der Waals surface area contributed by atoms with Crippen molar-refractivity contribution in [2.45, 2.75) is 33.0 Å². The quantitative estimate of drug-likeness (QED) is 0.365. The molecular formula is C28H27ClN2O2. The fourth-order valence-electron chi connectivity index (χ4n) is 4.74.